The van der Waals surface area contributed by atoms with E-state index in [0.29, 0.717) is 16.5 Å². The second-order valence-electron chi connectivity index (χ2n) is 2.94. The molecule has 2 N–H and O–H groups in total. The molecule has 3 heteroatoms. The summed E-state index contributed by atoms with van der Waals surface area (Å²) in [4.78, 5) is 0. The van der Waals surface area contributed by atoms with Crippen molar-refractivity contribution in [1.82, 2.24) is 0 Å². The predicted octanol–water partition coefficient (Wildman–Crippen LogP) is 3.41. The molecule has 1 aromatic rings. The first-order valence-corrected chi connectivity index (χ1v) is 5.00. The molecule has 0 heterocycles. The maximum absolute atomic E-state index is 5.90. The van der Waals surface area contributed by atoms with Crippen LogP contribution in [0.3, 0.4) is 0 Å². The molecular weight excluding hydrogens is 217 g/mol. The van der Waals surface area contributed by atoms with Crippen LogP contribution in [-0.4, -0.2) is 0 Å². The summed E-state index contributed by atoms with van der Waals surface area (Å²) in [5.41, 5.74) is 6.82. The Kier molecular flexibility index (Phi) is 4.28. The summed E-state index contributed by atoms with van der Waals surface area (Å²) in [6.07, 6.45) is 0.618. The molecule has 1 aromatic carbocycles. The van der Waals surface area contributed by atoms with E-state index in [9.17, 15) is 0 Å². The van der Waals surface area contributed by atoms with Crippen molar-refractivity contribution in [2.24, 2.45) is 5.73 Å². The van der Waals surface area contributed by atoms with Crippen molar-refractivity contribution < 1.29 is 0 Å². The maximum Gasteiger partial charge on any atom is 0.0424 e. The second kappa shape index (κ2) is 5.26. The molecule has 0 saturated carbocycles. The molecule has 0 aliphatic carbocycles. The quantitative estimate of drug-likeness (QED) is 0.771. The van der Waals surface area contributed by atoms with Crippen molar-refractivity contribution >= 4 is 23.2 Å². The highest BCUT2D eigenvalue weighted by Gasteiger charge is 2.06. The molecular formula is C11H11Cl2N. The lowest BCUT2D eigenvalue weighted by Gasteiger charge is -2.09. The Morgan fingerprint density at radius 2 is 1.86 bits per heavy atom. The first-order valence-electron chi connectivity index (χ1n) is 4.24. The molecule has 1 unspecified atom stereocenters. The molecule has 0 aromatic heterocycles. The molecule has 0 fully saturated rings. The minimum absolute atomic E-state index is 0.126. The smallest absolute Gasteiger partial charge is 0.0424 e. The van der Waals surface area contributed by atoms with E-state index in [-0.39, 0.29) is 6.04 Å². The van der Waals surface area contributed by atoms with Gasteiger partial charge in [0.05, 0.1) is 0 Å². The molecule has 74 valence electrons. The first kappa shape index (κ1) is 11.4. The molecule has 1 rings (SSSR count). The average Bonchev–Trinajstić information content (AvgIpc) is 2.12. The fraction of sp³-hybridized carbons (Fsp3) is 0.273. The molecule has 0 bridgehead atoms. The van der Waals surface area contributed by atoms with Crippen molar-refractivity contribution in [3.05, 3.63) is 33.8 Å². The summed E-state index contributed by atoms with van der Waals surface area (Å²) >= 11 is 11.7. The molecule has 0 spiro atoms. The lowest BCUT2D eigenvalue weighted by atomic mass is 10.1. The number of benzene rings is 1. The van der Waals surface area contributed by atoms with Crippen molar-refractivity contribution in [2.45, 2.75) is 19.4 Å². The van der Waals surface area contributed by atoms with Gasteiger partial charge in [0.25, 0.3) is 0 Å². The van der Waals surface area contributed by atoms with Crippen LogP contribution in [0.5, 0.6) is 0 Å². The molecule has 1 atom stereocenters. The minimum Gasteiger partial charge on any atom is -0.323 e. The zero-order chi connectivity index (χ0) is 10.6. The summed E-state index contributed by atoms with van der Waals surface area (Å²) in [7, 11) is 0. The predicted molar refractivity (Wildman–Crippen MR) is 61.5 cm³/mol. The van der Waals surface area contributed by atoms with Gasteiger partial charge in [0.1, 0.15) is 0 Å². The van der Waals surface area contributed by atoms with Gasteiger partial charge in [-0.05, 0) is 30.7 Å². The van der Waals surface area contributed by atoms with Crippen LogP contribution >= 0.6 is 23.2 Å². The normalized spacial score (nSPS) is 11.7. The van der Waals surface area contributed by atoms with Gasteiger partial charge in [-0.3, -0.25) is 0 Å². The van der Waals surface area contributed by atoms with Gasteiger partial charge in [0, 0.05) is 22.5 Å². The van der Waals surface area contributed by atoms with E-state index < -0.39 is 0 Å². The van der Waals surface area contributed by atoms with E-state index in [1.54, 1.807) is 13.0 Å². The van der Waals surface area contributed by atoms with E-state index in [4.69, 9.17) is 28.9 Å². The lowest BCUT2D eigenvalue weighted by molar-refractivity contribution is 0.754. The lowest BCUT2D eigenvalue weighted by Crippen LogP contribution is -2.09. The standard InChI is InChI=1S/C11H11Cl2N/c1-2-3-4-11(14)8-5-9(12)7-10(13)6-8/h5-7,11H,4,14H2,1H3. The van der Waals surface area contributed by atoms with Crippen LogP contribution in [0.25, 0.3) is 0 Å². The van der Waals surface area contributed by atoms with E-state index in [1.807, 2.05) is 12.1 Å². The van der Waals surface area contributed by atoms with E-state index >= 15 is 0 Å². The SMILES string of the molecule is CC#CCC(N)c1cc(Cl)cc(Cl)c1. The Hall–Kier alpha value is -0.680. The first-order chi connectivity index (χ1) is 6.63. The van der Waals surface area contributed by atoms with E-state index in [1.165, 1.54) is 0 Å². The Morgan fingerprint density at radius 3 is 2.36 bits per heavy atom. The Balaban J connectivity index is 2.87. The monoisotopic (exact) mass is 227 g/mol. The van der Waals surface area contributed by atoms with Crippen LogP contribution in [0.2, 0.25) is 10.0 Å². The van der Waals surface area contributed by atoms with Crippen LogP contribution < -0.4 is 5.73 Å². The number of halogens is 2. The van der Waals surface area contributed by atoms with Gasteiger partial charge in [-0.1, -0.05) is 23.2 Å². The van der Waals surface area contributed by atoms with Crippen molar-refractivity contribution in [3.8, 4) is 11.8 Å². The highest BCUT2D eigenvalue weighted by Crippen LogP contribution is 2.23. The Morgan fingerprint density at radius 1 is 1.29 bits per heavy atom. The molecule has 1 nitrogen and oxygen atoms in total. The molecule has 0 radical (unpaired) electrons. The summed E-state index contributed by atoms with van der Waals surface area (Å²) < 4.78 is 0. The summed E-state index contributed by atoms with van der Waals surface area (Å²) in [5.74, 6) is 5.73. The third kappa shape index (κ3) is 3.23. The third-order valence-corrected chi connectivity index (χ3v) is 2.25. The fourth-order valence-electron chi connectivity index (χ4n) is 1.12. The van der Waals surface area contributed by atoms with E-state index in [2.05, 4.69) is 11.8 Å². The molecule has 0 amide bonds. The summed E-state index contributed by atoms with van der Waals surface area (Å²) in [6, 6.07) is 5.19. The highest BCUT2D eigenvalue weighted by molar-refractivity contribution is 6.34. The Labute approximate surface area is 94.2 Å². The topological polar surface area (TPSA) is 26.0 Å². The van der Waals surface area contributed by atoms with Crippen LogP contribution in [-0.2, 0) is 0 Å². The molecule has 14 heavy (non-hydrogen) atoms. The van der Waals surface area contributed by atoms with Crippen LogP contribution in [0.15, 0.2) is 18.2 Å². The Bertz CT molecular complexity index is 356. The van der Waals surface area contributed by atoms with Crippen LogP contribution in [0.1, 0.15) is 24.9 Å². The average molecular weight is 228 g/mol. The van der Waals surface area contributed by atoms with Gasteiger partial charge >= 0.3 is 0 Å². The number of rotatable bonds is 2. The van der Waals surface area contributed by atoms with Gasteiger partial charge in [0.2, 0.25) is 0 Å². The summed E-state index contributed by atoms with van der Waals surface area (Å²) in [5, 5.41) is 1.21. The molecule has 0 aliphatic heterocycles. The number of hydrogen-bond donors (Lipinski definition) is 1. The van der Waals surface area contributed by atoms with Gasteiger partial charge in [-0.15, -0.1) is 11.8 Å². The molecule has 0 saturated heterocycles. The fourth-order valence-corrected chi connectivity index (χ4v) is 1.66. The van der Waals surface area contributed by atoms with Gasteiger partial charge in [-0.25, -0.2) is 0 Å². The van der Waals surface area contributed by atoms with Crippen molar-refractivity contribution in [2.75, 3.05) is 0 Å². The second-order valence-corrected chi connectivity index (χ2v) is 3.81. The van der Waals surface area contributed by atoms with Gasteiger partial charge < -0.3 is 5.73 Å². The zero-order valence-electron chi connectivity index (χ0n) is 7.85. The highest BCUT2D eigenvalue weighted by atomic mass is 35.5. The van der Waals surface area contributed by atoms with Crippen molar-refractivity contribution in [1.29, 1.82) is 0 Å². The van der Waals surface area contributed by atoms with Gasteiger partial charge in [0.15, 0.2) is 0 Å². The number of hydrogen-bond acceptors (Lipinski definition) is 1. The maximum atomic E-state index is 5.90. The van der Waals surface area contributed by atoms with Crippen LogP contribution in [0, 0.1) is 11.8 Å². The molecule has 0 aliphatic rings. The van der Waals surface area contributed by atoms with E-state index in [0.717, 1.165) is 5.56 Å². The number of nitrogens with two attached hydrogens (primary N) is 1. The van der Waals surface area contributed by atoms with Gasteiger partial charge in [-0.2, -0.15) is 0 Å². The third-order valence-electron chi connectivity index (χ3n) is 1.81. The van der Waals surface area contributed by atoms with Crippen molar-refractivity contribution in [3.63, 3.8) is 0 Å². The zero-order valence-corrected chi connectivity index (χ0v) is 9.36. The summed E-state index contributed by atoms with van der Waals surface area (Å²) in [6.45, 7) is 1.79. The largest absolute Gasteiger partial charge is 0.323 e. The minimum atomic E-state index is -0.126. The van der Waals surface area contributed by atoms with Crippen LogP contribution in [0.4, 0.5) is 0 Å².